The summed E-state index contributed by atoms with van der Waals surface area (Å²) in [5, 5.41) is 23.3. The fourth-order valence-corrected chi connectivity index (χ4v) is 3.09. The van der Waals surface area contributed by atoms with Crippen molar-refractivity contribution in [2.45, 2.75) is 38.1 Å². The van der Waals surface area contributed by atoms with Crippen molar-refractivity contribution in [2.75, 3.05) is 5.32 Å². The van der Waals surface area contributed by atoms with Crippen LogP contribution in [0.1, 0.15) is 36.9 Å². The van der Waals surface area contributed by atoms with Crippen LogP contribution in [0.3, 0.4) is 0 Å². The Morgan fingerprint density at radius 1 is 1.21 bits per heavy atom. The summed E-state index contributed by atoms with van der Waals surface area (Å²) in [5.74, 6) is -0.362. The second kappa shape index (κ2) is 7.92. The number of urea groups is 1. The molecular weight excluding hydrogens is 362 g/mol. The molecule has 28 heavy (non-hydrogen) atoms. The maximum absolute atomic E-state index is 12.3. The number of hydrogen-bond donors (Lipinski definition) is 3. The molecule has 9 nitrogen and oxygen atoms in total. The summed E-state index contributed by atoms with van der Waals surface area (Å²) in [6.45, 7) is 1.71. The molecular formula is C19H19N5O4. The van der Waals surface area contributed by atoms with Gasteiger partial charge in [-0.05, 0) is 44.0 Å². The summed E-state index contributed by atoms with van der Waals surface area (Å²) >= 11 is 0. The van der Waals surface area contributed by atoms with E-state index in [4.69, 9.17) is 10.00 Å². The molecule has 3 rings (SSSR count). The summed E-state index contributed by atoms with van der Waals surface area (Å²) in [6.07, 6.45) is 2.27. The maximum atomic E-state index is 12.3. The van der Waals surface area contributed by atoms with Crippen molar-refractivity contribution in [1.82, 2.24) is 15.3 Å². The molecule has 1 aliphatic rings. The van der Waals surface area contributed by atoms with Crippen molar-refractivity contribution in [3.8, 4) is 17.7 Å². The summed E-state index contributed by atoms with van der Waals surface area (Å²) in [6, 6.07) is 9.42. The van der Waals surface area contributed by atoms with Crippen LogP contribution in [0.2, 0.25) is 0 Å². The third kappa shape index (κ3) is 4.35. The Balaban J connectivity index is 1.71. The quantitative estimate of drug-likeness (QED) is 0.724. The highest BCUT2D eigenvalue weighted by Crippen LogP contribution is 2.30. The first-order valence-corrected chi connectivity index (χ1v) is 8.76. The fraction of sp³-hybridized carbons (Fsp3) is 0.316. The highest BCUT2D eigenvalue weighted by Gasteiger charge is 2.42. The van der Waals surface area contributed by atoms with Crippen LogP contribution in [0.5, 0.6) is 11.6 Å². The molecule has 0 unspecified atom stereocenters. The number of amides is 2. The summed E-state index contributed by atoms with van der Waals surface area (Å²) in [7, 11) is 0. The summed E-state index contributed by atoms with van der Waals surface area (Å²) in [5.41, 5.74) is -0.192. The average Bonchev–Trinajstić information content (AvgIpc) is 3.11. The van der Waals surface area contributed by atoms with E-state index < -0.39 is 17.5 Å². The molecule has 144 valence electrons. The zero-order valence-corrected chi connectivity index (χ0v) is 15.2. The molecule has 3 N–H and O–H groups in total. The Kier molecular flexibility index (Phi) is 5.40. The van der Waals surface area contributed by atoms with Crippen molar-refractivity contribution >= 4 is 17.9 Å². The van der Waals surface area contributed by atoms with E-state index in [1.54, 1.807) is 37.3 Å². The molecule has 0 spiro atoms. The molecule has 1 aromatic carbocycles. The van der Waals surface area contributed by atoms with Crippen LogP contribution < -0.4 is 15.4 Å². The Labute approximate surface area is 161 Å². The van der Waals surface area contributed by atoms with Gasteiger partial charge in [0.25, 0.3) is 0 Å². The van der Waals surface area contributed by atoms with Gasteiger partial charge in [0.2, 0.25) is 11.8 Å². The van der Waals surface area contributed by atoms with Crippen molar-refractivity contribution in [1.29, 1.82) is 5.26 Å². The largest absolute Gasteiger partial charge is 0.480 e. The molecule has 1 aromatic heterocycles. The Morgan fingerprint density at radius 2 is 1.89 bits per heavy atom. The minimum Gasteiger partial charge on any atom is -0.480 e. The molecule has 1 aliphatic carbocycles. The predicted molar refractivity (Wildman–Crippen MR) is 99.0 cm³/mol. The van der Waals surface area contributed by atoms with Gasteiger partial charge < -0.3 is 15.2 Å². The second-order valence-corrected chi connectivity index (χ2v) is 6.58. The number of aromatic nitrogens is 2. The number of aliphatic carboxylic acids is 1. The normalized spacial score (nSPS) is 14.7. The number of nitriles is 1. The first-order valence-electron chi connectivity index (χ1n) is 8.76. The Bertz CT molecular complexity index is 930. The third-order valence-electron chi connectivity index (χ3n) is 4.48. The highest BCUT2D eigenvalue weighted by atomic mass is 16.5. The van der Waals surface area contributed by atoms with E-state index in [1.807, 2.05) is 6.07 Å². The zero-order chi connectivity index (χ0) is 20.1. The SMILES string of the molecule is Cc1cc(Oc2ccc(C#N)cc2)nc(NC(=O)NC2(C(=O)O)CCCC2)n1. The van der Waals surface area contributed by atoms with E-state index in [2.05, 4.69) is 20.6 Å². The lowest BCUT2D eigenvalue weighted by atomic mass is 9.98. The van der Waals surface area contributed by atoms with Gasteiger partial charge >= 0.3 is 12.0 Å². The number of carbonyl (C=O) groups is 2. The van der Waals surface area contributed by atoms with Crippen LogP contribution in [0.4, 0.5) is 10.7 Å². The van der Waals surface area contributed by atoms with Gasteiger partial charge in [0, 0.05) is 11.8 Å². The lowest BCUT2D eigenvalue weighted by molar-refractivity contribution is -0.144. The topological polar surface area (TPSA) is 137 Å². The van der Waals surface area contributed by atoms with Crippen LogP contribution in [0, 0.1) is 18.3 Å². The molecule has 1 fully saturated rings. The van der Waals surface area contributed by atoms with E-state index in [-0.39, 0.29) is 11.8 Å². The van der Waals surface area contributed by atoms with Gasteiger partial charge in [-0.2, -0.15) is 10.2 Å². The van der Waals surface area contributed by atoms with Crippen LogP contribution in [0.15, 0.2) is 30.3 Å². The van der Waals surface area contributed by atoms with E-state index in [9.17, 15) is 14.7 Å². The monoisotopic (exact) mass is 381 g/mol. The number of ether oxygens (including phenoxy) is 1. The molecule has 0 saturated heterocycles. The van der Waals surface area contributed by atoms with Crippen molar-refractivity contribution < 1.29 is 19.4 Å². The van der Waals surface area contributed by atoms with E-state index in [0.29, 0.717) is 29.8 Å². The van der Waals surface area contributed by atoms with Gasteiger partial charge in [-0.25, -0.2) is 14.6 Å². The Morgan fingerprint density at radius 3 is 2.50 bits per heavy atom. The lowest BCUT2D eigenvalue weighted by Gasteiger charge is -2.25. The van der Waals surface area contributed by atoms with E-state index in [1.165, 1.54) is 0 Å². The number of rotatable bonds is 5. The molecule has 9 heteroatoms. The van der Waals surface area contributed by atoms with Gasteiger partial charge in [0.1, 0.15) is 11.3 Å². The number of benzene rings is 1. The Hall–Kier alpha value is -3.67. The standard InChI is InChI=1S/C19H19N5O4/c1-12-10-15(28-14-6-4-13(11-20)5-7-14)22-17(21-12)23-18(27)24-19(16(25)26)8-2-3-9-19/h4-7,10H,2-3,8-9H2,1H3,(H,25,26)(H2,21,22,23,24,27). The van der Waals surface area contributed by atoms with Crippen LogP contribution in [0.25, 0.3) is 0 Å². The molecule has 0 atom stereocenters. The maximum Gasteiger partial charge on any atom is 0.329 e. The van der Waals surface area contributed by atoms with Crippen LogP contribution in [-0.2, 0) is 4.79 Å². The van der Waals surface area contributed by atoms with Gasteiger partial charge in [-0.15, -0.1) is 0 Å². The second-order valence-electron chi connectivity index (χ2n) is 6.58. The molecule has 1 saturated carbocycles. The molecule has 2 amide bonds. The third-order valence-corrected chi connectivity index (χ3v) is 4.48. The van der Waals surface area contributed by atoms with Crippen molar-refractivity contribution in [3.05, 3.63) is 41.6 Å². The number of carbonyl (C=O) groups excluding carboxylic acids is 1. The number of carboxylic acid groups (broad SMARTS) is 1. The number of aryl methyl sites for hydroxylation is 1. The number of nitrogens with zero attached hydrogens (tertiary/aromatic N) is 3. The van der Waals surface area contributed by atoms with E-state index in [0.717, 1.165) is 12.8 Å². The fourth-order valence-electron chi connectivity index (χ4n) is 3.09. The van der Waals surface area contributed by atoms with Crippen LogP contribution in [-0.4, -0.2) is 32.6 Å². The highest BCUT2D eigenvalue weighted by molar-refractivity contribution is 5.93. The summed E-state index contributed by atoms with van der Waals surface area (Å²) < 4.78 is 5.65. The van der Waals surface area contributed by atoms with Gasteiger partial charge in [-0.3, -0.25) is 5.32 Å². The molecule has 1 heterocycles. The minimum atomic E-state index is -1.25. The van der Waals surface area contributed by atoms with Crippen molar-refractivity contribution in [2.24, 2.45) is 0 Å². The van der Waals surface area contributed by atoms with Crippen molar-refractivity contribution in [3.63, 3.8) is 0 Å². The van der Waals surface area contributed by atoms with Gasteiger partial charge in [0.15, 0.2) is 0 Å². The average molecular weight is 381 g/mol. The number of carboxylic acids is 1. The first kappa shape index (κ1) is 19.1. The first-order chi connectivity index (χ1) is 13.4. The number of nitrogens with one attached hydrogen (secondary N) is 2. The predicted octanol–water partition coefficient (Wildman–Crippen LogP) is 2.97. The number of anilines is 1. The zero-order valence-electron chi connectivity index (χ0n) is 15.2. The lowest BCUT2D eigenvalue weighted by Crippen LogP contribution is -2.53. The van der Waals surface area contributed by atoms with E-state index >= 15 is 0 Å². The molecule has 0 aliphatic heterocycles. The van der Waals surface area contributed by atoms with Crippen LogP contribution >= 0.6 is 0 Å². The number of hydrogen-bond acceptors (Lipinski definition) is 6. The van der Waals surface area contributed by atoms with Gasteiger partial charge in [0.05, 0.1) is 11.6 Å². The minimum absolute atomic E-state index is 0.000296. The molecule has 0 bridgehead atoms. The molecule has 2 aromatic rings. The van der Waals surface area contributed by atoms with Gasteiger partial charge in [-0.1, -0.05) is 12.8 Å². The smallest absolute Gasteiger partial charge is 0.329 e. The molecule has 0 radical (unpaired) electrons. The summed E-state index contributed by atoms with van der Waals surface area (Å²) in [4.78, 5) is 32.1.